The second kappa shape index (κ2) is 12.1. The number of carboxylic acids is 1. The molecule has 6 rings (SSSR count). The van der Waals surface area contributed by atoms with E-state index in [1.807, 2.05) is 36.0 Å². The summed E-state index contributed by atoms with van der Waals surface area (Å²) in [5, 5.41) is 18.5. The Labute approximate surface area is 253 Å². The van der Waals surface area contributed by atoms with E-state index in [0.29, 0.717) is 24.5 Å². The number of anilines is 1. The second-order valence-electron chi connectivity index (χ2n) is 10.9. The van der Waals surface area contributed by atoms with Crippen molar-refractivity contribution in [2.45, 2.75) is 32.7 Å². The lowest BCUT2D eigenvalue weighted by Crippen LogP contribution is -2.52. The van der Waals surface area contributed by atoms with Crippen LogP contribution in [-0.4, -0.2) is 65.7 Å². The molecule has 3 aromatic heterocycles. The maximum Gasteiger partial charge on any atom is 0.335 e. The number of pyridine rings is 1. The predicted octanol–water partition coefficient (Wildman–Crippen LogP) is 4.21. The second-order valence-corrected chi connectivity index (χ2v) is 10.9. The summed E-state index contributed by atoms with van der Waals surface area (Å²) in [6, 6.07) is 17.0. The molecule has 0 bridgehead atoms. The van der Waals surface area contributed by atoms with Crippen LogP contribution >= 0.6 is 0 Å². The van der Waals surface area contributed by atoms with Crippen molar-refractivity contribution in [3.63, 3.8) is 0 Å². The number of fused-ring (bicyclic) bond motifs is 1. The van der Waals surface area contributed by atoms with E-state index < -0.39 is 11.8 Å². The molecule has 4 heterocycles. The summed E-state index contributed by atoms with van der Waals surface area (Å²) in [6.45, 7) is 5.50. The third-order valence-corrected chi connectivity index (χ3v) is 8.01. The number of piperazine rings is 1. The van der Waals surface area contributed by atoms with E-state index in [1.165, 1.54) is 6.07 Å². The Morgan fingerprint density at radius 1 is 1.14 bits per heavy atom. The molecule has 2 aromatic carbocycles. The van der Waals surface area contributed by atoms with Crippen LogP contribution in [0.1, 0.15) is 39.9 Å². The molecule has 0 unspecified atom stereocenters. The van der Waals surface area contributed by atoms with Crippen LogP contribution in [0.3, 0.4) is 0 Å². The van der Waals surface area contributed by atoms with Gasteiger partial charge in [0, 0.05) is 50.6 Å². The third kappa shape index (κ3) is 5.95. The normalized spacial score (nSPS) is 15.4. The average molecular weight is 595 g/mol. The summed E-state index contributed by atoms with van der Waals surface area (Å²) in [7, 11) is 1.94. The summed E-state index contributed by atoms with van der Waals surface area (Å²) in [6.07, 6.45) is 3.56. The van der Waals surface area contributed by atoms with Crippen LogP contribution in [0.2, 0.25) is 0 Å². The van der Waals surface area contributed by atoms with Crippen LogP contribution < -0.4 is 9.64 Å². The van der Waals surface area contributed by atoms with Gasteiger partial charge in [-0.2, -0.15) is 10.2 Å². The van der Waals surface area contributed by atoms with E-state index in [-0.39, 0.29) is 23.8 Å². The summed E-state index contributed by atoms with van der Waals surface area (Å²) in [4.78, 5) is 30.1. The van der Waals surface area contributed by atoms with Gasteiger partial charge in [-0.15, -0.1) is 0 Å². The monoisotopic (exact) mass is 594 g/mol. The number of imidazole rings is 2. The van der Waals surface area contributed by atoms with E-state index in [2.05, 4.69) is 31.3 Å². The molecule has 1 atom stereocenters. The summed E-state index contributed by atoms with van der Waals surface area (Å²) < 4.78 is 24.1. The standard InChI is InChI=1S/C32H31FN8O3/c1-21-16-40(29-4-3-5-31(37-29)44-19-24-7-6-22(14-34)12-26(24)33)11-10-39(21)18-30-36-27-9-8-23(32(42)43)13-28(27)41(30)17-25-15-35-20-38(25)2/h3-9,12-13,15,20-21H,10-11,16-19H2,1-2H3,(H,42,43)/t21-/m0/s1. The smallest absolute Gasteiger partial charge is 0.335 e. The Balaban J connectivity index is 1.16. The molecule has 1 saturated heterocycles. The van der Waals surface area contributed by atoms with E-state index >= 15 is 0 Å². The highest BCUT2D eigenvalue weighted by Crippen LogP contribution is 2.25. The molecular weight excluding hydrogens is 563 g/mol. The SMILES string of the molecule is C[C@H]1CN(c2cccc(OCc3ccc(C#N)cc3F)n2)CCN1Cc1nc2ccc(C(=O)O)cc2n1Cc1cncn1C. The number of hydrogen-bond donors (Lipinski definition) is 1. The van der Waals surface area contributed by atoms with Crippen molar-refractivity contribution in [2.75, 3.05) is 24.5 Å². The van der Waals surface area contributed by atoms with Gasteiger partial charge < -0.3 is 23.9 Å². The Bertz CT molecular complexity index is 1880. The lowest BCUT2D eigenvalue weighted by atomic mass is 10.1. The van der Waals surface area contributed by atoms with E-state index in [0.717, 1.165) is 48.0 Å². The lowest BCUT2D eigenvalue weighted by Gasteiger charge is -2.40. The van der Waals surface area contributed by atoms with Gasteiger partial charge in [-0.1, -0.05) is 12.1 Å². The molecule has 0 radical (unpaired) electrons. The van der Waals surface area contributed by atoms with Gasteiger partial charge in [0.2, 0.25) is 5.88 Å². The number of aromatic nitrogens is 5. The molecular formula is C32H31FN8O3. The zero-order valence-corrected chi connectivity index (χ0v) is 24.4. The zero-order valence-electron chi connectivity index (χ0n) is 24.4. The fraction of sp³-hybridized carbons (Fsp3) is 0.281. The van der Waals surface area contributed by atoms with Crippen LogP contribution in [0.25, 0.3) is 11.0 Å². The van der Waals surface area contributed by atoms with Gasteiger partial charge >= 0.3 is 5.97 Å². The van der Waals surface area contributed by atoms with Crippen molar-refractivity contribution in [1.82, 2.24) is 29.0 Å². The molecule has 0 saturated carbocycles. The first-order valence-corrected chi connectivity index (χ1v) is 14.2. The Hall–Kier alpha value is -5.28. The molecule has 224 valence electrons. The molecule has 1 fully saturated rings. The average Bonchev–Trinajstić information content (AvgIpc) is 3.59. The van der Waals surface area contributed by atoms with Crippen LogP contribution in [0, 0.1) is 17.1 Å². The molecule has 44 heavy (non-hydrogen) atoms. The summed E-state index contributed by atoms with van der Waals surface area (Å²) in [5.74, 6) is 0.565. The molecule has 1 aliphatic heterocycles. The first kappa shape index (κ1) is 28.8. The number of halogens is 1. The van der Waals surface area contributed by atoms with E-state index in [4.69, 9.17) is 15.0 Å². The molecule has 11 nitrogen and oxygen atoms in total. The number of rotatable bonds is 9. The van der Waals surface area contributed by atoms with Gasteiger partial charge in [-0.05, 0) is 43.3 Å². The van der Waals surface area contributed by atoms with Gasteiger partial charge in [0.25, 0.3) is 0 Å². The molecule has 0 spiro atoms. The number of carboxylic acid groups (broad SMARTS) is 1. The van der Waals surface area contributed by atoms with Gasteiger partial charge in [-0.25, -0.2) is 19.2 Å². The number of hydrogen-bond acceptors (Lipinski definition) is 8. The quantitative estimate of drug-likeness (QED) is 0.267. The number of aryl methyl sites for hydroxylation is 1. The van der Waals surface area contributed by atoms with Crippen molar-refractivity contribution >= 4 is 22.8 Å². The summed E-state index contributed by atoms with van der Waals surface area (Å²) in [5.41, 5.74) is 3.34. The molecule has 12 heteroatoms. The van der Waals surface area contributed by atoms with E-state index in [1.54, 1.807) is 42.7 Å². The Morgan fingerprint density at radius 2 is 2.00 bits per heavy atom. The number of aromatic carboxylic acids is 1. The highest BCUT2D eigenvalue weighted by Gasteiger charge is 2.27. The Morgan fingerprint density at radius 3 is 2.73 bits per heavy atom. The minimum Gasteiger partial charge on any atom is -0.478 e. The van der Waals surface area contributed by atoms with Crippen LogP contribution in [0.4, 0.5) is 10.2 Å². The number of nitrogens with zero attached hydrogens (tertiary/aromatic N) is 8. The maximum absolute atomic E-state index is 14.3. The number of benzene rings is 2. The molecule has 5 aromatic rings. The largest absolute Gasteiger partial charge is 0.478 e. The first-order chi connectivity index (χ1) is 21.3. The van der Waals surface area contributed by atoms with Crippen LogP contribution in [0.15, 0.2) is 67.1 Å². The topological polar surface area (TPSA) is 125 Å². The van der Waals surface area contributed by atoms with Gasteiger partial charge in [0.15, 0.2) is 0 Å². The fourth-order valence-corrected chi connectivity index (χ4v) is 5.47. The van der Waals surface area contributed by atoms with Gasteiger partial charge in [0.1, 0.15) is 24.1 Å². The van der Waals surface area contributed by atoms with Crippen molar-refractivity contribution < 1.29 is 19.0 Å². The summed E-state index contributed by atoms with van der Waals surface area (Å²) >= 11 is 0. The van der Waals surface area contributed by atoms with E-state index in [9.17, 15) is 14.3 Å². The van der Waals surface area contributed by atoms with Crippen molar-refractivity contribution in [3.8, 4) is 11.9 Å². The molecule has 1 aliphatic rings. The molecule has 0 aliphatic carbocycles. The van der Waals surface area contributed by atoms with Crippen LogP contribution in [-0.2, 0) is 26.7 Å². The number of nitriles is 1. The number of ether oxygens (including phenoxy) is 1. The highest BCUT2D eigenvalue weighted by atomic mass is 19.1. The Kier molecular flexibility index (Phi) is 7.95. The third-order valence-electron chi connectivity index (χ3n) is 8.01. The van der Waals surface area contributed by atoms with Crippen molar-refractivity contribution in [2.24, 2.45) is 7.05 Å². The minimum absolute atomic E-state index is 0.00591. The lowest BCUT2D eigenvalue weighted by molar-refractivity contribution is 0.0697. The highest BCUT2D eigenvalue weighted by molar-refractivity contribution is 5.92. The predicted molar refractivity (Wildman–Crippen MR) is 161 cm³/mol. The van der Waals surface area contributed by atoms with Crippen LogP contribution in [0.5, 0.6) is 5.88 Å². The number of carbonyl (C=O) groups is 1. The van der Waals surface area contributed by atoms with Gasteiger partial charge in [0.05, 0.1) is 53.3 Å². The first-order valence-electron chi connectivity index (χ1n) is 14.2. The molecule has 0 amide bonds. The molecule has 1 N–H and O–H groups in total. The fourth-order valence-electron chi connectivity index (χ4n) is 5.47. The van der Waals surface area contributed by atoms with Gasteiger partial charge in [-0.3, -0.25) is 4.90 Å². The zero-order chi connectivity index (χ0) is 30.8. The van der Waals surface area contributed by atoms with Crippen molar-refractivity contribution in [1.29, 1.82) is 5.26 Å². The van der Waals surface area contributed by atoms with Crippen molar-refractivity contribution in [3.05, 3.63) is 101 Å². The maximum atomic E-state index is 14.3. The minimum atomic E-state index is -0.976.